The molecular weight excluding hydrogens is 723 g/mol. The van der Waals surface area contributed by atoms with E-state index in [2.05, 4.69) is 37.4 Å². The van der Waals surface area contributed by atoms with E-state index in [0.717, 1.165) is 84.9 Å². The number of likely N-dealkylation sites (tertiary alicyclic amines) is 1. The molecule has 3 fully saturated rings. The maximum atomic E-state index is 13.6. The second-order valence-electron chi connectivity index (χ2n) is 15.8. The minimum absolute atomic E-state index is 0.0864. The first-order valence-electron chi connectivity index (χ1n) is 19.9. The quantitative estimate of drug-likeness (QED) is 0.159. The summed E-state index contributed by atoms with van der Waals surface area (Å²) in [6.45, 7) is 6.39. The molecule has 9 rings (SSSR count). The molecule has 5 aromatic rings. The van der Waals surface area contributed by atoms with E-state index in [9.17, 15) is 24.0 Å². The molecule has 0 spiro atoms. The van der Waals surface area contributed by atoms with Crippen molar-refractivity contribution in [2.24, 2.45) is 5.92 Å². The van der Waals surface area contributed by atoms with Gasteiger partial charge in [0.15, 0.2) is 0 Å². The standard InChI is InChI=1S/C43H45N9O5/c1-26-4-3-18-50(26)25-37-46-33-12-11-31(22-34(33)47-37)45-40(54)29-9-7-28(8-10-29)30-23-44-51(24-30)21-17-27-15-19-49(20-16-27)35-6-2-5-32-39(35)43(57)52(42(32)56)36-13-14-38(53)48-41(36)55/h2,5-12,22-24,26-27,36H,3-4,13-21,25H2,1H3,(H,45,54)(H,46,47)(H,48,53,55)/t26-,36?/m0/s1. The summed E-state index contributed by atoms with van der Waals surface area (Å²) in [7, 11) is 0. The molecule has 4 aliphatic rings. The van der Waals surface area contributed by atoms with Gasteiger partial charge in [-0.25, -0.2) is 4.98 Å². The topological polar surface area (TPSA) is 166 Å². The number of nitrogens with one attached hydrogen (secondary N) is 3. The highest BCUT2D eigenvalue weighted by Gasteiger charge is 2.46. The van der Waals surface area contributed by atoms with E-state index in [1.165, 1.54) is 12.8 Å². The van der Waals surface area contributed by atoms with Crippen molar-refractivity contribution in [3.63, 3.8) is 0 Å². The molecule has 1 unspecified atom stereocenters. The van der Waals surface area contributed by atoms with Crippen molar-refractivity contribution >= 4 is 51.9 Å². The Morgan fingerprint density at radius 2 is 1.74 bits per heavy atom. The van der Waals surface area contributed by atoms with Crippen molar-refractivity contribution in [3.8, 4) is 11.1 Å². The minimum atomic E-state index is -0.986. The highest BCUT2D eigenvalue weighted by molar-refractivity contribution is 6.25. The van der Waals surface area contributed by atoms with Gasteiger partial charge in [0.1, 0.15) is 11.9 Å². The molecule has 2 atom stereocenters. The molecule has 14 nitrogen and oxygen atoms in total. The number of amides is 5. The third-order valence-corrected chi connectivity index (χ3v) is 12.1. The fraction of sp³-hybridized carbons (Fsp3) is 0.372. The van der Waals surface area contributed by atoms with Crippen molar-refractivity contribution in [1.82, 2.24) is 34.9 Å². The molecule has 0 aliphatic carbocycles. The molecule has 3 saturated heterocycles. The van der Waals surface area contributed by atoms with Crippen LogP contribution in [0.3, 0.4) is 0 Å². The first-order valence-corrected chi connectivity index (χ1v) is 19.9. The van der Waals surface area contributed by atoms with Crippen LogP contribution in [0.1, 0.15) is 88.8 Å². The summed E-state index contributed by atoms with van der Waals surface area (Å²) in [6, 6.07) is 18.2. The molecule has 292 valence electrons. The Balaban J connectivity index is 0.768. The van der Waals surface area contributed by atoms with Crippen molar-refractivity contribution in [3.05, 3.63) is 95.6 Å². The van der Waals surface area contributed by atoms with Crippen molar-refractivity contribution in [2.75, 3.05) is 29.9 Å². The fourth-order valence-corrected chi connectivity index (χ4v) is 8.83. The Hall–Kier alpha value is -6.15. The number of imide groups is 2. The Morgan fingerprint density at radius 1 is 0.912 bits per heavy atom. The van der Waals surface area contributed by atoms with E-state index in [0.29, 0.717) is 40.0 Å². The number of benzene rings is 3. The van der Waals surface area contributed by atoms with Gasteiger partial charge in [-0.15, -0.1) is 0 Å². The largest absolute Gasteiger partial charge is 0.371 e. The average molecular weight is 768 g/mol. The van der Waals surface area contributed by atoms with Crippen molar-refractivity contribution in [2.45, 2.75) is 77.0 Å². The smallest absolute Gasteiger partial charge is 0.264 e. The number of aryl methyl sites for hydroxylation is 1. The zero-order chi connectivity index (χ0) is 39.2. The summed E-state index contributed by atoms with van der Waals surface area (Å²) in [5.74, 6) is -0.741. The normalized spacial score (nSPS) is 20.4. The Labute approximate surface area is 329 Å². The van der Waals surface area contributed by atoms with Gasteiger partial charge in [0.2, 0.25) is 11.8 Å². The molecule has 5 amide bonds. The molecule has 3 aromatic carbocycles. The van der Waals surface area contributed by atoms with Crippen LogP contribution in [0.2, 0.25) is 0 Å². The Kier molecular flexibility index (Phi) is 9.65. The molecule has 6 heterocycles. The highest BCUT2D eigenvalue weighted by Crippen LogP contribution is 2.36. The number of piperidine rings is 2. The number of fused-ring (bicyclic) bond motifs is 2. The van der Waals surface area contributed by atoms with E-state index in [4.69, 9.17) is 4.98 Å². The van der Waals surface area contributed by atoms with Crippen LogP contribution in [0, 0.1) is 5.92 Å². The fourth-order valence-electron chi connectivity index (χ4n) is 8.83. The van der Waals surface area contributed by atoms with Gasteiger partial charge < -0.3 is 15.2 Å². The zero-order valence-corrected chi connectivity index (χ0v) is 31.9. The molecular formula is C43H45N9O5. The first-order chi connectivity index (χ1) is 27.7. The number of hydrogen-bond acceptors (Lipinski definition) is 9. The van der Waals surface area contributed by atoms with Gasteiger partial charge in [-0.3, -0.25) is 43.8 Å². The number of nitrogens with zero attached hydrogens (tertiary/aromatic N) is 6. The number of carbonyl (C=O) groups is 5. The van der Waals surface area contributed by atoms with Gasteiger partial charge in [0.05, 0.1) is 40.6 Å². The Morgan fingerprint density at radius 3 is 2.51 bits per heavy atom. The molecule has 0 saturated carbocycles. The van der Waals surface area contributed by atoms with Gasteiger partial charge in [-0.05, 0) is 106 Å². The molecule has 2 aromatic heterocycles. The van der Waals surface area contributed by atoms with Gasteiger partial charge in [-0.1, -0.05) is 18.2 Å². The van der Waals surface area contributed by atoms with E-state index in [-0.39, 0.29) is 18.7 Å². The zero-order valence-electron chi connectivity index (χ0n) is 31.9. The van der Waals surface area contributed by atoms with Gasteiger partial charge in [0, 0.05) is 55.1 Å². The monoisotopic (exact) mass is 767 g/mol. The predicted octanol–water partition coefficient (Wildman–Crippen LogP) is 5.37. The lowest BCUT2D eigenvalue weighted by Gasteiger charge is -2.34. The summed E-state index contributed by atoms with van der Waals surface area (Å²) in [5, 5.41) is 9.90. The van der Waals surface area contributed by atoms with Crippen LogP contribution in [0.4, 0.5) is 11.4 Å². The maximum Gasteiger partial charge on any atom is 0.264 e. The van der Waals surface area contributed by atoms with Crippen LogP contribution in [-0.4, -0.2) is 90.8 Å². The van der Waals surface area contributed by atoms with Crippen LogP contribution >= 0.6 is 0 Å². The van der Waals surface area contributed by atoms with Crippen LogP contribution in [0.15, 0.2) is 73.1 Å². The first kappa shape index (κ1) is 36.5. The maximum absolute atomic E-state index is 13.6. The van der Waals surface area contributed by atoms with Crippen LogP contribution < -0.4 is 15.5 Å². The van der Waals surface area contributed by atoms with Crippen molar-refractivity contribution in [1.29, 1.82) is 0 Å². The number of imidazole rings is 1. The SMILES string of the molecule is C[C@H]1CCCN1Cc1nc2ccc(NC(=O)c3ccc(-c4cnn(CCC5CCN(c6cccc7c6C(=O)N(C6CCC(=O)NC6=O)C7=O)CC5)c4)cc3)cc2[nH]1. The van der Waals surface area contributed by atoms with Gasteiger partial charge in [0.25, 0.3) is 17.7 Å². The van der Waals surface area contributed by atoms with E-state index in [1.54, 1.807) is 12.1 Å². The summed E-state index contributed by atoms with van der Waals surface area (Å²) in [4.78, 5) is 78.1. The summed E-state index contributed by atoms with van der Waals surface area (Å²) in [6.07, 6.45) is 9.34. The molecule has 0 radical (unpaired) electrons. The molecule has 57 heavy (non-hydrogen) atoms. The van der Waals surface area contributed by atoms with Crippen LogP contribution in [0.5, 0.6) is 0 Å². The number of aromatic amines is 1. The lowest BCUT2D eigenvalue weighted by Crippen LogP contribution is -2.54. The van der Waals surface area contributed by atoms with E-state index in [1.807, 2.05) is 65.6 Å². The van der Waals surface area contributed by atoms with Gasteiger partial charge in [-0.2, -0.15) is 5.10 Å². The summed E-state index contributed by atoms with van der Waals surface area (Å²) < 4.78 is 1.96. The number of hydrogen-bond donors (Lipinski definition) is 3. The highest BCUT2D eigenvalue weighted by atomic mass is 16.2. The van der Waals surface area contributed by atoms with Crippen LogP contribution in [0.25, 0.3) is 22.2 Å². The molecule has 4 aliphatic heterocycles. The summed E-state index contributed by atoms with van der Waals surface area (Å²) in [5.41, 5.74) is 6.37. The molecule has 3 N–H and O–H groups in total. The van der Waals surface area contributed by atoms with E-state index >= 15 is 0 Å². The number of H-pyrrole nitrogens is 1. The number of anilines is 2. The van der Waals surface area contributed by atoms with Crippen LogP contribution in [-0.2, 0) is 22.7 Å². The van der Waals surface area contributed by atoms with Crippen molar-refractivity contribution < 1.29 is 24.0 Å². The van der Waals surface area contributed by atoms with E-state index < -0.39 is 29.7 Å². The average Bonchev–Trinajstić information content (AvgIpc) is 4.01. The second kappa shape index (κ2) is 15.1. The Bertz CT molecular complexity index is 2390. The lowest BCUT2D eigenvalue weighted by atomic mass is 9.92. The molecule has 14 heteroatoms. The number of carbonyl (C=O) groups excluding carboxylic acids is 5. The second-order valence-corrected chi connectivity index (χ2v) is 15.8. The van der Waals surface area contributed by atoms with Gasteiger partial charge >= 0.3 is 0 Å². The predicted molar refractivity (Wildman–Crippen MR) is 213 cm³/mol. The summed E-state index contributed by atoms with van der Waals surface area (Å²) >= 11 is 0. The number of aromatic nitrogens is 4. The third kappa shape index (κ3) is 7.21. The number of rotatable bonds is 10. The molecule has 0 bridgehead atoms. The minimum Gasteiger partial charge on any atom is -0.371 e. The third-order valence-electron chi connectivity index (χ3n) is 12.1. The lowest BCUT2D eigenvalue weighted by molar-refractivity contribution is -0.136.